The molecule has 2 fully saturated rings. The summed E-state index contributed by atoms with van der Waals surface area (Å²) in [6.07, 6.45) is 4.13. The number of nitrogens with zero attached hydrogens (tertiary/aromatic N) is 2. The van der Waals surface area contributed by atoms with Crippen LogP contribution in [0.1, 0.15) is 10.4 Å². The van der Waals surface area contributed by atoms with Crippen LogP contribution in [-0.4, -0.2) is 42.2 Å². The van der Waals surface area contributed by atoms with Gasteiger partial charge < -0.3 is 15.0 Å². The molecular weight excluding hydrogens is 441 g/mol. The van der Waals surface area contributed by atoms with Crippen molar-refractivity contribution in [2.45, 2.75) is 11.7 Å². The van der Waals surface area contributed by atoms with Gasteiger partial charge in [0.1, 0.15) is 5.60 Å². The molecule has 0 aromatic heterocycles. The Balaban J connectivity index is 1.30. The molecule has 0 spiro atoms. The Morgan fingerprint density at radius 3 is 2.71 bits per heavy atom. The minimum Gasteiger partial charge on any atom is -0.371 e. The number of hydrogen-bond acceptors (Lipinski definition) is 5. The minimum absolute atomic E-state index is 0.00377. The molecule has 2 aromatic rings. The van der Waals surface area contributed by atoms with Crippen LogP contribution in [0.2, 0.25) is 10.0 Å². The van der Waals surface area contributed by atoms with E-state index in [-0.39, 0.29) is 23.6 Å². The zero-order valence-electron chi connectivity index (χ0n) is 16.3. The van der Waals surface area contributed by atoms with Gasteiger partial charge in [-0.1, -0.05) is 35.4 Å². The van der Waals surface area contributed by atoms with E-state index in [1.165, 1.54) is 12.1 Å². The van der Waals surface area contributed by atoms with E-state index in [9.17, 15) is 14.9 Å². The second-order valence-electron chi connectivity index (χ2n) is 8.15. The number of halogens is 2. The number of carbonyl (C=O) groups is 1. The van der Waals surface area contributed by atoms with Crippen LogP contribution in [0.5, 0.6) is 0 Å². The predicted molar refractivity (Wildman–Crippen MR) is 118 cm³/mol. The number of rotatable bonds is 5. The van der Waals surface area contributed by atoms with Gasteiger partial charge in [-0.15, -0.1) is 0 Å². The van der Waals surface area contributed by atoms with Crippen molar-refractivity contribution in [2.24, 2.45) is 11.8 Å². The molecule has 31 heavy (non-hydrogen) atoms. The number of carbonyl (C=O) groups excluding carboxylic acids is 1. The first-order chi connectivity index (χ1) is 14.9. The average molecular weight is 460 g/mol. The van der Waals surface area contributed by atoms with E-state index in [0.29, 0.717) is 28.1 Å². The predicted octanol–water partition coefficient (Wildman–Crippen LogP) is 4.09. The number of ether oxygens (including phenoxy) is 1. The Hall–Kier alpha value is -2.61. The van der Waals surface area contributed by atoms with Gasteiger partial charge in [0, 0.05) is 47.8 Å². The third-order valence-corrected chi connectivity index (χ3v) is 7.01. The fraction of sp³-hybridized carbons (Fsp3) is 0.318. The highest BCUT2D eigenvalue weighted by molar-refractivity contribution is 6.36. The first-order valence-corrected chi connectivity index (χ1v) is 10.7. The van der Waals surface area contributed by atoms with Crippen LogP contribution in [0.4, 0.5) is 11.4 Å². The average Bonchev–Trinajstić information content (AvgIpc) is 3.44. The molecule has 1 amide bonds. The molecule has 5 rings (SSSR count). The molecule has 3 aliphatic heterocycles. The second-order valence-corrected chi connectivity index (χ2v) is 9.00. The van der Waals surface area contributed by atoms with Crippen LogP contribution >= 0.6 is 23.2 Å². The Kier molecular flexibility index (Phi) is 4.92. The molecule has 1 N–H and O–H groups in total. The van der Waals surface area contributed by atoms with Crippen LogP contribution in [0.3, 0.4) is 0 Å². The quantitative estimate of drug-likeness (QED) is 0.413. The monoisotopic (exact) mass is 459 g/mol. The number of nitrogens with one attached hydrogen (secondary N) is 1. The lowest BCUT2D eigenvalue weighted by molar-refractivity contribution is -0.384. The van der Waals surface area contributed by atoms with Crippen molar-refractivity contribution in [3.05, 3.63) is 80.3 Å². The molecule has 0 radical (unpaired) electrons. The fourth-order valence-corrected chi connectivity index (χ4v) is 5.42. The topological polar surface area (TPSA) is 84.7 Å². The molecule has 3 heterocycles. The summed E-state index contributed by atoms with van der Waals surface area (Å²) in [5, 5.41) is 14.7. The van der Waals surface area contributed by atoms with Crippen LogP contribution in [0, 0.1) is 22.0 Å². The molecule has 160 valence electrons. The highest BCUT2D eigenvalue weighted by Crippen LogP contribution is 2.51. The number of nitro groups is 1. The largest absolute Gasteiger partial charge is 0.371 e. The summed E-state index contributed by atoms with van der Waals surface area (Å²) < 4.78 is 6.30. The smallest absolute Gasteiger partial charge is 0.269 e. The van der Waals surface area contributed by atoms with Crippen LogP contribution < -0.4 is 10.2 Å². The van der Waals surface area contributed by atoms with E-state index in [4.69, 9.17) is 27.9 Å². The first kappa shape index (κ1) is 20.3. The highest BCUT2D eigenvalue weighted by Gasteiger charge is 2.59. The number of anilines is 1. The summed E-state index contributed by atoms with van der Waals surface area (Å²) in [5.74, 6) is 0.236. The van der Waals surface area contributed by atoms with Crippen LogP contribution in [0.25, 0.3) is 0 Å². The maximum atomic E-state index is 12.7. The lowest BCUT2D eigenvalue weighted by Gasteiger charge is -2.31. The van der Waals surface area contributed by atoms with Crippen molar-refractivity contribution in [2.75, 3.05) is 24.5 Å². The van der Waals surface area contributed by atoms with Gasteiger partial charge in [0.15, 0.2) is 0 Å². The van der Waals surface area contributed by atoms with Crippen LogP contribution in [0.15, 0.2) is 54.6 Å². The van der Waals surface area contributed by atoms with Crippen molar-refractivity contribution < 1.29 is 14.5 Å². The molecule has 7 nitrogen and oxygen atoms in total. The Bertz CT molecular complexity index is 1090. The molecule has 0 saturated carbocycles. The van der Waals surface area contributed by atoms with Crippen molar-refractivity contribution in [1.82, 2.24) is 5.32 Å². The molecule has 0 aliphatic carbocycles. The normalized spacial score (nSPS) is 28.1. The lowest BCUT2D eigenvalue weighted by Crippen LogP contribution is -2.47. The zero-order valence-corrected chi connectivity index (χ0v) is 17.8. The van der Waals surface area contributed by atoms with Gasteiger partial charge in [0.2, 0.25) is 0 Å². The summed E-state index contributed by atoms with van der Waals surface area (Å²) in [6, 6.07) is 11.4. The summed E-state index contributed by atoms with van der Waals surface area (Å²) in [4.78, 5) is 25.4. The van der Waals surface area contributed by atoms with Gasteiger partial charge in [0.25, 0.3) is 11.6 Å². The van der Waals surface area contributed by atoms with E-state index in [0.717, 1.165) is 18.8 Å². The summed E-state index contributed by atoms with van der Waals surface area (Å²) in [5.41, 5.74) is 0.827. The zero-order chi connectivity index (χ0) is 21.8. The van der Waals surface area contributed by atoms with Crippen molar-refractivity contribution >= 4 is 40.5 Å². The number of amides is 1. The van der Waals surface area contributed by atoms with E-state index in [1.54, 1.807) is 30.3 Å². The Labute approximate surface area is 188 Å². The van der Waals surface area contributed by atoms with E-state index in [2.05, 4.69) is 22.4 Å². The molecule has 4 unspecified atom stereocenters. The molecule has 9 heteroatoms. The number of hydrogen-bond donors (Lipinski definition) is 1. The van der Waals surface area contributed by atoms with E-state index in [1.807, 2.05) is 0 Å². The molecule has 2 bridgehead atoms. The van der Waals surface area contributed by atoms with E-state index < -0.39 is 10.5 Å². The van der Waals surface area contributed by atoms with E-state index >= 15 is 0 Å². The number of nitro benzene ring substituents is 1. The number of benzene rings is 2. The molecule has 3 aliphatic rings. The molecule has 4 atom stereocenters. The third-order valence-electron chi connectivity index (χ3n) is 6.46. The lowest BCUT2D eigenvalue weighted by atomic mass is 9.77. The standard InChI is InChI=1S/C22H19Cl2N3O4/c23-13-1-6-16(19(24)9-13)21(28)25-12-22-8-7-20(31-22)17-10-26(11-18(17)22)14-2-4-15(5-3-14)27(29)30/h1-9,17-18,20H,10-12H2,(H,25,28). The van der Waals surface area contributed by atoms with Crippen molar-refractivity contribution in [1.29, 1.82) is 0 Å². The Morgan fingerprint density at radius 2 is 2.00 bits per heavy atom. The van der Waals surface area contributed by atoms with Gasteiger partial charge in [0.05, 0.1) is 28.2 Å². The van der Waals surface area contributed by atoms with Gasteiger partial charge in [-0.2, -0.15) is 0 Å². The van der Waals surface area contributed by atoms with Gasteiger partial charge in [-0.25, -0.2) is 0 Å². The Morgan fingerprint density at radius 1 is 1.23 bits per heavy atom. The molecule has 2 saturated heterocycles. The van der Waals surface area contributed by atoms with Gasteiger partial charge in [-0.3, -0.25) is 14.9 Å². The number of non-ortho nitro benzene ring substituents is 1. The first-order valence-electron chi connectivity index (χ1n) is 9.96. The maximum absolute atomic E-state index is 12.7. The van der Waals surface area contributed by atoms with Gasteiger partial charge >= 0.3 is 0 Å². The van der Waals surface area contributed by atoms with Gasteiger partial charge in [-0.05, 0) is 30.3 Å². The SMILES string of the molecule is O=C(NCC12C=CC(O1)C1CN(c3ccc([N+](=O)[O-])cc3)CC12)c1ccc(Cl)cc1Cl. The summed E-state index contributed by atoms with van der Waals surface area (Å²) >= 11 is 12.1. The summed E-state index contributed by atoms with van der Waals surface area (Å²) in [7, 11) is 0. The molecular formula is C22H19Cl2N3O4. The van der Waals surface area contributed by atoms with Crippen molar-refractivity contribution in [3.63, 3.8) is 0 Å². The molecule has 2 aromatic carbocycles. The maximum Gasteiger partial charge on any atom is 0.269 e. The van der Waals surface area contributed by atoms with Crippen LogP contribution in [-0.2, 0) is 4.74 Å². The summed E-state index contributed by atoms with van der Waals surface area (Å²) in [6.45, 7) is 1.89. The highest BCUT2D eigenvalue weighted by atomic mass is 35.5. The second kappa shape index (κ2) is 7.51. The fourth-order valence-electron chi connectivity index (χ4n) is 4.92. The third kappa shape index (κ3) is 3.46. The number of fused-ring (bicyclic) bond motifs is 5. The van der Waals surface area contributed by atoms with Crippen molar-refractivity contribution in [3.8, 4) is 0 Å². The minimum atomic E-state index is -0.570.